The van der Waals surface area contributed by atoms with Crippen molar-refractivity contribution in [2.45, 2.75) is 65.2 Å². The van der Waals surface area contributed by atoms with Gasteiger partial charge in [-0.3, -0.25) is 19.0 Å². The molecule has 0 bridgehead atoms. The van der Waals surface area contributed by atoms with Crippen molar-refractivity contribution in [3.8, 4) is 5.88 Å². The number of hydrogen-bond donors (Lipinski definition) is 2. The highest BCUT2D eigenvalue weighted by Crippen LogP contribution is 2.25. The fraction of sp³-hybridized carbons (Fsp3) is 0.565. The molecule has 2 amide bonds. The molecule has 1 saturated heterocycles. The highest BCUT2D eigenvalue weighted by molar-refractivity contribution is 5.97. The van der Waals surface area contributed by atoms with Gasteiger partial charge in [0, 0.05) is 24.2 Å². The normalized spacial score (nSPS) is 21.3. The van der Waals surface area contributed by atoms with E-state index in [2.05, 4.69) is 10.4 Å². The Morgan fingerprint density at radius 2 is 1.94 bits per heavy atom. The molecule has 2 aromatic rings. The maximum Gasteiger partial charge on any atom is 0.291 e. The topological polar surface area (TPSA) is 118 Å². The number of rotatable bonds is 6. The van der Waals surface area contributed by atoms with E-state index in [1.165, 1.54) is 16.8 Å². The van der Waals surface area contributed by atoms with Gasteiger partial charge in [-0.2, -0.15) is 9.61 Å². The number of nitrogens with one attached hydrogen (secondary N) is 1. The minimum absolute atomic E-state index is 0.0395. The van der Waals surface area contributed by atoms with Crippen LogP contribution in [-0.4, -0.2) is 67.3 Å². The average molecular weight is 458 g/mol. The summed E-state index contributed by atoms with van der Waals surface area (Å²) in [4.78, 5) is 40.4. The molecule has 0 unspecified atom stereocenters. The fourth-order valence-corrected chi connectivity index (χ4v) is 4.24. The van der Waals surface area contributed by atoms with E-state index in [1.54, 1.807) is 11.0 Å². The number of fused-ring (bicyclic) bond motifs is 1. The first-order chi connectivity index (χ1) is 15.7. The Kier molecular flexibility index (Phi) is 6.29. The maximum absolute atomic E-state index is 13.1. The first kappa shape index (κ1) is 23.0. The molecule has 2 aliphatic rings. The first-order valence-electron chi connectivity index (χ1n) is 11.4. The Morgan fingerprint density at radius 1 is 1.27 bits per heavy atom. The maximum atomic E-state index is 13.1. The third-order valence-corrected chi connectivity index (χ3v) is 5.93. The van der Waals surface area contributed by atoms with Crippen molar-refractivity contribution < 1.29 is 19.4 Å². The van der Waals surface area contributed by atoms with Crippen LogP contribution in [0.2, 0.25) is 0 Å². The van der Waals surface area contributed by atoms with Gasteiger partial charge in [0.1, 0.15) is 5.65 Å². The standard InChI is InChI=1S/C23H31N5O5/c1-13(2)10-26-21-16(5-8-18(29)27-14(3)11-33-12-15(27)4)9-24-28(21)23(32)19(22(26)31)20(30)25-17-6-7-17/h5,8-9,13-15,17,31H,6-7,10-12H2,1-4H3,(H,25,30)/b8-5+/t14-,15-/m0/s1. The molecule has 2 N–H and O–H groups in total. The molecule has 33 heavy (non-hydrogen) atoms. The highest BCUT2D eigenvalue weighted by atomic mass is 16.5. The lowest BCUT2D eigenvalue weighted by Crippen LogP contribution is -2.51. The van der Waals surface area contributed by atoms with E-state index in [-0.39, 0.29) is 35.5 Å². The van der Waals surface area contributed by atoms with Gasteiger partial charge in [0.25, 0.3) is 11.5 Å². The van der Waals surface area contributed by atoms with Crippen LogP contribution in [0.15, 0.2) is 17.1 Å². The van der Waals surface area contributed by atoms with Crippen LogP contribution in [0.25, 0.3) is 11.7 Å². The monoisotopic (exact) mass is 457 g/mol. The Bertz CT molecular complexity index is 1150. The molecule has 2 fully saturated rings. The van der Waals surface area contributed by atoms with E-state index in [1.807, 2.05) is 27.7 Å². The van der Waals surface area contributed by atoms with E-state index < -0.39 is 17.3 Å². The van der Waals surface area contributed by atoms with Crippen molar-refractivity contribution in [3.63, 3.8) is 0 Å². The number of nitrogens with zero attached hydrogens (tertiary/aromatic N) is 4. The summed E-state index contributed by atoms with van der Waals surface area (Å²) < 4.78 is 8.13. The third-order valence-electron chi connectivity index (χ3n) is 5.93. The Labute approximate surface area is 191 Å². The third kappa shape index (κ3) is 4.52. The zero-order chi connectivity index (χ0) is 23.9. The van der Waals surface area contributed by atoms with Crippen LogP contribution in [0.1, 0.15) is 56.5 Å². The molecule has 1 aliphatic carbocycles. The van der Waals surface area contributed by atoms with E-state index in [0.717, 1.165) is 17.4 Å². The molecule has 2 atom stereocenters. The van der Waals surface area contributed by atoms with Gasteiger partial charge in [-0.15, -0.1) is 0 Å². The van der Waals surface area contributed by atoms with Crippen molar-refractivity contribution in [2.24, 2.45) is 5.92 Å². The molecule has 1 saturated carbocycles. The molecule has 4 rings (SSSR count). The highest BCUT2D eigenvalue weighted by Gasteiger charge is 2.30. The second kappa shape index (κ2) is 9.01. The lowest BCUT2D eigenvalue weighted by atomic mass is 10.1. The van der Waals surface area contributed by atoms with Crippen molar-refractivity contribution >= 4 is 23.5 Å². The smallest absolute Gasteiger partial charge is 0.291 e. The number of morpholine rings is 1. The minimum Gasteiger partial charge on any atom is -0.494 e. The predicted octanol–water partition coefficient (Wildman–Crippen LogP) is 1.40. The summed E-state index contributed by atoms with van der Waals surface area (Å²) in [5.74, 6) is -1.04. The second-order valence-electron chi connectivity index (χ2n) is 9.41. The largest absolute Gasteiger partial charge is 0.494 e. The molecule has 1 aliphatic heterocycles. The molecular formula is C23H31N5O5. The van der Waals surface area contributed by atoms with Gasteiger partial charge < -0.3 is 20.1 Å². The van der Waals surface area contributed by atoms with Crippen molar-refractivity contribution in [2.75, 3.05) is 13.2 Å². The lowest BCUT2D eigenvalue weighted by molar-refractivity contribution is -0.138. The van der Waals surface area contributed by atoms with Gasteiger partial charge in [-0.25, -0.2) is 0 Å². The van der Waals surface area contributed by atoms with Crippen LogP contribution < -0.4 is 10.9 Å². The molecule has 0 aromatic carbocycles. The van der Waals surface area contributed by atoms with Crippen LogP contribution in [0, 0.1) is 5.92 Å². The molecule has 0 spiro atoms. The van der Waals surface area contributed by atoms with E-state index in [0.29, 0.717) is 31.0 Å². The number of hydrogen-bond acceptors (Lipinski definition) is 6. The fourth-order valence-electron chi connectivity index (χ4n) is 4.24. The summed E-state index contributed by atoms with van der Waals surface area (Å²) in [6.07, 6.45) is 6.23. The van der Waals surface area contributed by atoms with Gasteiger partial charge in [0.2, 0.25) is 11.8 Å². The lowest BCUT2D eigenvalue weighted by Gasteiger charge is -2.38. The van der Waals surface area contributed by atoms with E-state index >= 15 is 0 Å². The quantitative estimate of drug-likeness (QED) is 0.633. The van der Waals surface area contributed by atoms with E-state index in [9.17, 15) is 19.5 Å². The molecule has 0 radical (unpaired) electrons. The Hall–Kier alpha value is -3.14. The van der Waals surface area contributed by atoms with Crippen LogP contribution in [0.4, 0.5) is 0 Å². The van der Waals surface area contributed by atoms with Crippen molar-refractivity contribution in [1.29, 1.82) is 0 Å². The molecule has 2 aromatic heterocycles. The van der Waals surface area contributed by atoms with Gasteiger partial charge in [0.05, 0.1) is 31.5 Å². The molecule has 178 valence electrons. The van der Waals surface area contributed by atoms with Crippen molar-refractivity contribution in [3.05, 3.63) is 33.8 Å². The SMILES string of the molecule is CC(C)Cn1c(O)c(C(=O)NC2CC2)c(=O)n2ncc(/C=C/C(=O)N3[C@@H](C)COC[C@@H]3C)c12. The summed E-state index contributed by atoms with van der Waals surface area (Å²) in [5.41, 5.74) is -0.178. The van der Waals surface area contributed by atoms with Crippen LogP contribution >= 0.6 is 0 Å². The summed E-state index contributed by atoms with van der Waals surface area (Å²) in [7, 11) is 0. The molecule has 3 heterocycles. The first-order valence-corrected chi connectivity index (χ1v) is 11.4. The average Bonchev–Trinajstić information content (AvgIpc) is 3.44. The van der Waals surface area contributed by atoms with Crippen LogP contribution in [-0.2, 0) is 16.1 Å². The number of carbonyl (C=O) groups is 2. The van der Waals surface area contributed by atoms with Gasteiger partial charge in [-0.1, -0.05) is 13.8 Å². The van der Waals surface area contributed by atoms with Crippen molar-refractivity contribution in [1.82, 2.24) is 24.4 Å². The van der Waals surface area contributed by atoms with Gasteiger partial charge >= 0.3 is 0 Å². The molecule has 10 nitrogen and oxygen atoms in total. The zero-order valence-corrected chi connectivity index (χ0v) is 19.4. The Balaban J connectivity index is 1.75. The summed E-state index contributed by atoms with van der Waals surface area (Å²) in [5, 5.41) is 17.9. The second-order valence-corrected chi connectivity index (χ2v) is 9.41. The van der Waals surface area contributed by atoms with Crippen LogP contribution in [0.5, 0.6) is 5.88 Å². The minimum atomic E-state index is -0.693. The van der Waals surface area contributed by atoms with Gasteiger partial charge in [0.15, 0.2) is 5.56 Å². The summed E-state index contributed by atoms with van der Waals surface area (Å²) in [6, 6.07) is -0.0614. The number of aromatic nitrogens is 3. The van der Waals surface area contributed by atoms with E-state index in [4.69, 9.17) is 4.74 Å². The van der Waals surface area contributed by atoms with Gasteiger partial charge in [-0.05, 0) is 38.7 Å². The number of aromatic hydroxyl groups is 1. The number of ether oxygens (including phenoxy) is 1. The Morgan fingerprint density at radius 3 is 2.55 bits per heavy atom. The van der Waals surface area contributed by atoms with Crippen LogP contribution in [0.3, 0.4) is 0 Å². The summed E-state index contributed by atoms with van der Waals surface area (Å²) >= 11 is 0. The molecule has 10 heteroatoms. The predicted molar refractivity (Wildman–Crippen MR) is 122 cm³/mol. The number of carbonyl (C=O) groups excluding carboxylic acids is 2. The zero-order valence-electron chi connectivity index (χ0n) is 19.4. The number of amides is 2. The summed E-state index contributed by atoms with van der Waals surface area (Å²) in [6.45, 7) is 9.12. The molecular weight excluding hydrogens is 426 g/mol.